The zero-order chi connectivity index (χ0) is 21.8. The van der Waals surface area contributed by atoms with Gasteiger partial charge < -0.3 is 15.0 Å². The van der Waals surface area contributed by atoms with E-state index in [0.717, 1.165) is 5.69 Å². The van der Waals surface area contributed by atoms with Gasteiger partial charge >= 0.3 is 0 Å². The highest BCUT2D eigenvalue weighted by Gasteiger charge is 2.55. The van der Waals surface area contributed by atoms with Gasteiger partial charge in [-0.1, -0.05) is 6.58 Å². The Hall–Kier alpha value is -3.20. The third-order valence-electron chi connectivity index (χ3n) is 6.44. The number of allylic oxidation sites excluding steroid dienone is 1. The molecule has 7 nitrogen and oxygen atoms in total. The minimum Gasteiger partial charge on any atom is -0.507 e. The van der Waals surface area contributed by atoms with Gasteiger partial charge in [-0.25, -0.2) is 18.7 Å². The fourth-order valence-corrected chi connectivity index (χ4v) is 4.64. The molecule has 2 fully saturated rings. The molecule has 2 saturated heterocycles. The second-order valence-corrected chi connectivity index (χ2v) is 8.49. The van der Waals surface area contributed by atoms with Crippen molar-refractivity contribution < 1.29 is 13.9 Å². The van der Waals surface area contributed by atoms with Gasteiger partial charge in [-0.2, -0.15) is 0 Å². The molecular weight excluding hydrogens is 402 g/mol. The van der Waals surface area contributed by atoms with Gasteiger partial charge in [0.15, 0.2) is 5.82 Å². The van der Waals surface area contributed by atoms with E-state index in [2.05, 4.69) is 32.1 Å². The first kappa shape index (κ1) is 19.7. The fourth-order valence-electron chi connectivity index (χ4n) is 4.64. The van der Waals surface area contributed by atoms with E-state index < -0.39 is 29.8 Å². The van der Waals surface area contributed by atoms with E-state index in [1.54, 1.807) is 42.3 Å². The number of aromatic nitrogens is 5. The maximum Gasteiger partial charge on any atom is 0.177 e. The first-order valence-electron chi connectivity index (χ1n) is 10.1. The third-order valence-corrected chi connectivity index (χ3v) is 6.44. The molecule has 2 aliphatic rings. The highest BCUT2D eigenvalue weighted by molar-refractivity contribution is 5.68. The summed E-state index contributed by atoms with van der Waals surface area (Å²) in [4.78, 5) is 8.30. The van der Waals surface area contributed by atoms with E-state index in [4.69, 9.17) is 0 Å². The Kier molecular flexibility index (Phi) is 4.58. The summed E-state index contributed by atoms with van der Waals surface area (Å²) in [5.41, 5.74) is 1.25. The van der Waals surface area contributed by atoms with Gasteiger partial charge in [0.05, 0.1) is 18.2 Å². The van der Waals surface area contributed by atoms with Gasteiger partial charge in [-0.15, -0.1) is 10.2 Å². The van der Waals surface area contributed by atoms with Gasteiger partial charge in [0.2, 0.25) is 0 Å². The lowest BCUT2D eigenvalue weighted by Crippen LogP contribution is -2.55. The lowest BCUT2D eigenvalue weighted by atomic mass is 9.79. The number of aromatic hydroxyl groups is 1. The summed E-state index contributed by atoms with van der Waals surface area (Å²) in [6.45, 7) is 5.78. The summed E-state index contributed by atoms with van der Waals surface area (Å²) in [6.07, 6.45) is 4.62. The monoisotopic (exact) mass is 424 g/mol. The standard InChI is InChI=1S/C22H22F2N6O/c1-12(15-9-22(2)19(23)8-16(27-22)20(15)24)21-26-10-17(28-29-21)14-4-3-13(7-18(14)31)30-6-5-25-11-30/h3-7,10-11,15-16,19-20,27,31H,1,8-9H2,2H3/t15-,16-,19-,20-,22-/m0/s1. The molecule has 0 radical (unpaired) electrons. The molecule has 5 atom stereocenters. The van der Waals surface area contributed by atoms with E-state index in [1.165, 1.54) is 6.20 Å². The van der Waals surface area contributed by atoms with E-state index in [-0.39, 0.29) is 24.4 Å². The molecule has 4 heterocycles. The highest BCUT2D eigenvalue weighted by Crippen LogP contribution is 2.45. The Morgan fingerprint density at radius 3 is 2.84 bits per heavy atom. The molecule has 2 bridgehead atoms. The number of nitrogens with zero attached hydrogens (tertiary/aromatic N) is 5. The Bertz CT molecular complexity index is 1120. The molecule has 2 N–H and O–H groups in total. The summed E-state index contributed by atoms with van der Waals surface area (Å²) in [7, 11) is 0. The summed E-state index contributed by atoms with van der Waals surface area (Å²) >= 11 is 0. The molecule has 160 valence electrons. The molecule has 9 heteroatoms. The van der Waals surface area contributed by atoms with Gasteiger partial charge in [-0.05, 0) is 37.5 Å². The summed E-state index contributed by atoms with van der Waals surface area (Å²) in [5, 5.41) is 21.8. The van der Waals surface area contributed by atoms with Gasteiger partial charge in [0.25, 0.3) is 0 Å². The van der Waals surface area contributed by atoms with Crippen molar-refractivity contribution in [2.24, 2.45) is 5.92 Å². The van der Waals surface area contributed by atoms with Gasteiger partial charge in [0, 0.05) is 41.5 Å². The normalized spacial score (nSPS) is 29.8. The number of phenolic OH excluding ortho intramolecular Hbond substituents is 1. The van der Waals surface area contributed by atoms with Crippen molar-refractivity contribution in [3.8, 4) is 22.7 Å². The minimum absolute atomic E-state index is 0.0227. The fraction of sp³-hybridized carbons (Fsp3) is 0.364. The molecule has 2 aliphatic heterocycles. The number of halogens is 2. The lowest BCUT2D eigenvalue weighted by molar-refractivity contribution is 0.116. The van der Waals surface area contributed by atoms with Crippen LogP contribution in [0.1, 0.15) is 25.6 Å². The van der Waals surface area contributed by atoms with Crippen molar-refractivity contribution in [3.05, 3.63) is 55.5 Å². The Morgan fingerprint density at radius 2 is 2.16 bits per heavy atom. The minimum atomic E-state index is -1.26. The van der Waals surface area contributed by atoms with Crippen LogP contribution < -0.4 is 5.32 Å². The highest BCUT2D eigenvalue weighted by atomic mass is 19.1. The maximum absolute atomic E-state index is 15.0. The largest absolute Gasteiger partial charge is 0.507 e. The topological polar surface area (TPSA) is 88.8 Å². The van der Waals surface area contributed by atoms with Crippen LogP contribution in [-0.4, -0.2) is 53.8 Å². The van der Waals surface area contributed by atoms with Crippen LogP contribution in [0.15, 0.2) is 49.7 Å². The molecule has 1 aromatic carbocycles. The number of nitrogens with one attached hydrogen (secondary N) is 1. The van der Waals surface area contributed by atoms with Gasteiger partial charge in [0.1, 0.15) is 23.8 Å². The van der Waals surface area contributed by atoms with E-state index in [9.17, 15) is 13.9 Å². The second kappa shape index (κ2) is 7.19. The predicted octanol–water partition coefficient (Wildman–Crippen LogP) is 3.26. The van der Waals surface area contributed by atoms with Crippen LogP contribution in [0.2, 0.25) is 0 Å². The lowest BCUT2D eigenvalue weighted by Gasteiger charge is -2.39. The number of phenols is 1. The van der Waals surface area contributed by atoms with Crippen LogP contribution in [0.3, 0.4) is 0 Å². The molecule has 0 saturated carbocycles. The van der Waals surface area contributed by atoms with Crippen molar-refractivity contribution in [2.75, 3.05) is 0 Å². The number of piperidine rings is 1. The molecule has 5 rings (SSSR count). The Morgan fingerprint density at radius 1 is 1.32 bits per heavy atom. The number of hydrogen-bond donors (Lipinski definition) is 2. The average Bonchev–Trinajstić information content (AvgIpc) is 3.38. The first-order valence-corrected chi connectivity index (χ1v) is 10.1. The molecule has 0 unspecified atom stereocenters. The van der Waals surface area contributed by atoms with Crippen molar-refractivity contribution in [1.82, 2.24) is 30.0 Å². The number of benzene rings is 1. The SMILES string of the molecule is C=C(c1ncc(-c2ccc(-n3ccnc3)cc2O)nn1)[C@@H]1C[C@]2(C)N[C@@H](C[C@@H]2F)[C@H]1F. The van der Waals surface area contributed by atoms with E-state index in [0.29, 0.717) is 16.8 Å². The quantitative estimate of drug-likeness (QED) is 0.668. The zero-order valence-corrected chi connectivity index (χ0v) is 16.9. The number of imidazole rings is 1. The van der Waals surface area contributed by atoms with Crippen LogP contribution in [0.5, 0.6) is 5.75 Å². The van der Waals surface area contributed by atoms with Crippen LogP contribution in [0.4, 0.5) is 8.78 Å². The van der Waals surface area contributed by atoms with Crippen molar-refractivity contribution >= 4 is 5.57 Å². The third kappa shape index (κ3) is 3.29. The number of fused-ring (bicyclic) bond motifs is 2. The van der Waals surface area contributed by atoms with Crippen molar-refractivity contribution in [1.29, 1.82) is 0 Å². The molecule has 0 amide bonds. The number of hydrogen-bond acceptors (Lipinski definition) is 6. The van der Waals surface area contributed by atoms with Crippen molar-refractivity contribution in [3.63, 3.8) is 0 Å². The first-order chi connectivity index (χ1) is 14.9. The van der Waals surface area contributed by atoms with Gasteiger partial charge in [-0.3, -0.25) is 0 Å². The Balaban J connectivity index is 1.37. The van der Waals surface area contributed by atoms with Crippen LogP contribution in [-0.2, 0) is 0 Å². The maximum atomic E-state index is 15.0. The molecule has 3 aromatic rings. The predicted molar refractivity (Wildman–Crippen MR) is 111 cm³/mol. The second-order valence-electron chi connectivity index (χ2n) is 8.49. The van der Waals surface area contributed by atoms with Crippen LogP contribution >= 0.6 is 0 Å². The molecule has 2 aromatic heterocycles. The van der Waals surface area contributed by atoms with E-state index in [1.807, 2.05) is 6.07 Å². The smallest absolute Gasteiger partial charge is 0.177 e. The van der Waals surface area contributed by atoms with E-state index >= 15 is 0 Å². The Labute approximate surface area is 177 Å². The van der Waals surface area contributed by atoms with Crippen molar-refractivity contribution in [2.45, 2.75) is 43.7 Å². The number of rotatable bonds is 4. The van der Waals surface area contributed by atoms with Crippen LogP contribution in [0.25, 0.3) is 22.5 Å². The van der Waals surface area contributed by atoms with Crippen LogP contribution in [0, 0.1) is 5.92 Å². The zero-order valence-electron chi connectivity index (χ0n) is 16.9. The molecular formula is C22H22F2N6O. The molecule has 0 aliphatic carbocycles. The summed E-state index contributed by atoms with van der Waals surface area (Å²) < 4.78 is 31.1. The summed E-state index contributed by atoms with van der Waals surface area (Å²) in [5.74, 6) is -0.326. The average molecular weight is 424 g/mol. The summed E-state index contributed by atoms with van der Waals surface area (Å²) in [6, 6.07) is 4.60. The molecule has 31 heavy (non-hydrogen) atoms. The number of alkyl halides is 2. The molecule has 0 spiro atoms.